The molecule has 1 atom stereocenters. The van der Waals surface area contributed by atoms with Crippen molar-refractivity contribution in [2.24, 2.45) is 5.84 Å². The third-order valence-electron chi connectivity index (χ3n) is 2.98. The molecule has 1 saturated heterocycles. The van der Waals surface area contributed by atoms with Gasteiger partial charge in [0.25, 0.3) is 0 Å². The van der Waals surface area contributed by atoms with E-state index < -0.39 is 10.0 Å². The maximum atomic E-state index is 12.4. The molecule has 1 aliphatic rings. The zero-order valence-electron chi connectivity index (χ0n) is 10.0. The second-order valence-corrected chi connectivity index (χ2v) is 6.00. The van der Waals surface area contributed by atoms with Crippen LogP contribution in [0.2, 0.25) is 0 Å². The number of sulfonamides is 1. The van der Waals surface area contributed by atoms with Crippen molar-refractivity contribution < 1.29 is 13.2 Å². The molecule has 2 heterocycles. The maximum Gasteiger partial charge on any atom is 0.246 e. The summed E-state index contributed by atoms with van der Waals surface area (Å²) in [6.07, 6.45) is 2.17. The van der Waals surface area contributed by atoms with Crippen LogP contribution in [0.15, 0.2) is 23.2 Å². The molecule has 7 nitrogen and oxygen atoms in total. The minimum atomic E-state index is -3.62. The molecule has 1 aromatic rings. The molecule has 1 unspecified atom stereocenters. The van der Waals surface area contributed by atoms with E-state index in [-0.39, 0.29) is 16.8 Å². The van der Waals surface area contributed by atoms with Crippen molar-refractivity contribution in [2.75, 3.05) is 25.7 Å². The van der Waals surface area contributed by atoms with Crippen molar-refractivity contribution in [3.63, 3.8) is 0 Å². The summed E-state index contributed by atoms with van der Waals surface area (Å²) in [7, 11) is -2.07. The molecule has 0 spiro atoms. The first-order valence-corrected chi connectivity index (χ1v) is 6.99. The number of anilines is 1. The van der Waals surface area contributed by atoms with Gasteiger partial charge in [0.2, 0.25) is 10.0 Å². The van der Waals surface area contributed by atoms with Gasteiger partial charge in [-0.15, -0.1) is 0 Å². The number of nitrogens with zero attached hydrogens (tertiary/aromatic N) is 2. The van der Waals surface area contributed by atoms with Crippen LogP contribution in [0.5, 0.6) is 0 Å². The Morgan fingerprint density at radius 2 is 2.39 bits per heavy atom. The van der Waals surface area contributed by atoms with E-state index >= 15 is 0 Å². The summed E-state index contributed by atoms with van der Waals surface area (Å²) in [4.78, 5) is 3.97. The largest absolute Gasteiger partial charge is 0.380 e. The van der Waals surface area contributed by atoms with Gasteiger partial charge in [-0.05, 0) is 18.6 Å². The molecular weight excluding hydrogens is 256 g/mol. The van der Waals surface area contributed by atoms with Crippen molar-refractivity contribution in [3.8, 4) is 0 Å². The summed E-state index contributed by atoms with van der Waals surface area (Å²) in [5.74, 6) is 5.42. The fourth-order valence-corrected chi connectivity index (χ4v) is 3.34. The number of pyridine rings is 1. The summed E-state index contributed by atoms with van der Waals surface area (Å²) in [5.41, 5.74) is 2.30. The van der Waals surface area contributed by atoms with E-state index in [9.17, 15) is 8.42 Å². The summed E-state index contributed by atoms with van der Waals surface area (Å²) in [6.45, 7) is 1.00. The molecule has 0 aliphatic carbocycles. The highest BCUT2D eigenvalue weighted by molar-refractivity contribution is 7.89. The van der Waals surface area contributed by atoms with E-state index in [2.05, 4.69) is 10.4 Å². The number of likely N-dealkylation sites (N-methyl/N-ethyl adjacent to an activating group) is 1. The van der Waals surface area contributed by atoms with Gasteiger partial charge in [0.15, 0.2) is 5.82 Å². The number of nitrogen functional groups attached to an aromatic ring is 1. The molecule has 100 valence electrons. The molecule has 1 aliphatic heterocycles. The third-order valence-corrected chi connectivity index (χ3v) is 4.93. The van der Waals surface area contributed by atoms with Crippen LogP contribution >= 0.6 is 0 Å². The Morgan fingerprint density at radius 1 is 1.61 bits per heavy atom. The number of nitrogens with two attached hydrogens (primary N) is 1. The Balaban J connectivity index is 2.35. The normalized spacial score (nSPS) is 20.3. The van der Waals surface area contributed by atoms with Crippen LogP contribution in [0.4, 0.5) is 5.82 Å². The fraction of sp³-hybridized carbons (Fsp3) is 0.500. The third kappa shape index (κ3) is 2.32. The van der Waals surface area contributed by atoms with E-state index in [1.54, 1.807) is 13.1 Å². The van der Waals surface area contributed by atoms with Crippen LogP contribution in [0.25, 0.3) is 0 Å². The fourth-order valence-electron chi connectivity index (χ4n) is 1.87. The van der Waals surface area contributed by atoms with Gasteiger partial charge >= 0.3 is 0 Å². The topological polar surface area (TPSA) is 97.5 Å². The number of nitrogens with one attached hydrogen (secondary N) is 1. The molecule has 2 rings (SSSR count). The SMILES string of the molecule is CN(C1CCOC1)S(=O)(=O)c1cccnc1NN. The lowest BCUT2D eigenvalue weighted by atomic mass is 10.3. The first kappa shape index (κ1) is 13.2. The second-order valence-electron chi connectivity index (χ2n) is 4.03. The molecule has 1 aromatic heterocycles. The molecule has 3 N–H and O–H groups in total. The molecule has 0 aromatic carbocycles. The minimum absolute atomic E-state index is 0.0712. The Morgan fingerprint density at radius 3 is 3.00 bits per heavy atom. The highest BCUT2D eigenvalue weighted by atomic mass is 32.2. The maximum absolute atomic E-state index is 12.4. The molecule has 1 fully saturated rings. The lowest BCUT2D eigenvalue weighted by molar-refractivity contribution is 0.181. The van der Waals surface area contributed by atoms with Gasteiger partial charge in [-0.1, -0.05) is 0 Å². The summed E-state index contributed by atoms with van der Waals surface area (Å²) in [5, 5.41) is 0. The van der Waals surface area contributed by atoms with Gasteiger partial charge in [0, 0.05) is 19.9 Å². The Kier molecular flexibility index (Phi) is 3.81. The molecule has 8 heteroatoms. The number of ether oxygens (including phenoxy) is 1. The van der Waals surface area contributed by atoms with Crippen molar-refractivity contribution >= 4 is 15.8 Å². The number of rotatable bonds is 4. The van der Waals surface area contributed by atoms with E-state index in [1.165, 1.54) is 16.6 Å². The van der Waals surface area contributed by atoms with Crippen molar-refractivity contribution in [1.82, 2.24) is 9.29 Å². The van der Waals surface area contributed by atoms with E-state index in [1.807, 2.05) is 0 Å². The Bertz CT molecular complexity index is 514. The number of hydrogen-bond donors (Lipinski definition) is 2. The Labute approximate surface area is 106 Å². The standard InChI is InChI=1S/C10H16N4O3S/c1-14(8-4-6-17-7-8)18(15,16)9-3-2-5-12-10(9)13-11/h2-3,5,8H,4,6-7,11H2,1H3,(H,12,13). The van der Waals surface area contributed by atoms with E-state index in [4.69, 9.17) is 10.6 Å². The first-order valence-electron chi connectivity index (χ1n) is 5.55. The molecule has 0 saturated carbocycles. The monoisotopic (exact) mass is 272 g/mol. The second kappa shape index (κ2) is 5.19. The van der Waals surface area contributed by atoms with Crippen LogP contribution in [0, 0.1) is 0 Å². The molecular formula is C10H16N4O3S. The zero-order valence-corrected chi connectivity index (χ0v) is 10.9. The summed E-state index contributed by atoms with van der Waals surface area (Å²) in [6, 6.07) is 2.90. The summed E-state index contributed by atoms with van der Waals surface area (Å²) < 4.78 is 31.4. The van der Waals surface area contributed by atoms with Gasteiger partial charge in [0.05, 0.1) is 12.6 Å². The van der Waals surface area contributed by atoms with Gasteiger partial charge in [0.1, 0.15) is 4.90 Å². The van der Waals surface area contributed by atoms with E-state index in [0.29, 0.717) is 19.6 Å². The highest BCUT2D eigenvalue weighted by Gasteiger charge is 2.32. The lowest BCUT2D eigenvalue weighted by Gasteiger charge is -2.23. The van der Waals surface area contributed by atoms with Crippen molar-refractivity contribution in [2.45, 2.75) is 17.4 Å². The van der Waals surface area contributed by atoms with Crippen LogP contribution in [0.1, 0.15) is 6.42 Å². The van der Waals surface area contributed by atoms with Gasteiger partial charge in [-0.25, -0.2) is 19.2 Å². The molecule has 18 heavy (non-hydrogen) atoms. The first-order chi connectivity index (χ1) is 8.57. The zero-order chi connectivity index (χ0) is 13.2. The van der Waals surface area contributed by atoms with Crippen molar-refractivity contribution in [3.05, 3.63) is 18.3 Å². The predicted molar refractivity (Wildman–Crippen MR) is 66.2 cm³/mol. The highest BCUT2D eigenvalue weighted by Crippen LogP contribution is 2.24. The van der Waals surface area contributed by atoms with Crippen LogP contribution < -0.4 is 11.3 Å². The number of aromatic nitrogens is 1. The van der Waals surface area contributed by atoms with Crippen molar-refractivity contribution in [1.29, 1.82) is 0 Å². The predicted octanol–water partition coefficient (Wildman–Crippen LogP) is -0.223. The number of hydrogen-bond acceptors (Lipinski definition) is 6. The lowest BCUT2D eigenvalue weighted by Crippen LogP contribution is -2.37. The Hall–Kier alpha value is -1.22. The number of hydrazine groups is 1. The minimum Gasteiger partial charge on any atom is -0.380 e. The molecule has 0 bridgehead atoms. The quantitative estimate of drug-likeness (QED) is 0.581. The molecule has 0 amide bonds. The van der Waals surface area contributed by atoms with Crippen LogP contribution in [0.3, 0.4) is 0 Å². The van der Waals surface area contributed by atoms with Gasteiger partial charge in [-0.2, -0.15) is 4.31 Å². The van der Waals surface area contributed by atoms with Crippen LogP contribution in [-0.2, 0) is 14.8 Å². The summed E-state index contributed by atoms with van der Waals surface area (Å²) >= 11 is 0. The average Bonchev–Trinajstić information content (AvgIpc) is 2.91. The smallest absolute Gasteiger partial charge is 0.246 e. The van der Waals surface area contributed by atoms with E-state index in [0.717, 1.165) is 0 Å². The van der Waals surface area contributed by atoms with Crippen LogP contribution in [-0.4, -0.2) is 44.0 Å². The molecule has 0 radical (unpaired) electrons. The van der Waals surface area contributed by atoms with Gasteiger partial charge < -0.3 is 10.2 Å². The van der Waals surface area contributed by atoms with Gasteiger partial charge in [-0.3, -0.25) is 0 Å². The average molecular weight is 272 g/mol.